The maximum absolute atomic E-state index is 13.1. The Balaban J connectivity index is 1.84. The van der Waals surface area contributed by atoms with Gasteiger partial charge in [0, 0.05) is 5.69 Å². The fourth-order valence-corrected chi connectivity index (χ4v) is 2.96. The number of hydrogen-bond donors (Lipinski definition) is 1. The largest absolute Gasteiger partial charge is 0.324 e. The van der Waals surface area contributed by atoms with Gasteiger partial charge in [0.25, 0.3) is 0 Å². The summed E-state index contributed by atoms with van der Waals surface area (Å²) >= 11 is 1.10. The molecular weight excluding hydrogens is 291 g/mol. The molecule has 4 nitrogen and oxygen atoms in total. The molecule has 0 spiro atoms. The molecule has 1 aromatic heterocycles. The summed E-state index contributed by atoms with van der Waals surface area (Å²) in [6.45, 7) is -0.0979. The van der Waals surface area contributed by atoms with Gasteiger partial charge in [-0.1, -0.05) is 29.5 Å². The molecule has 0 radical (unpaired) electrons. The Morgan fingerprint density at radius 2 is 2.00 bits per heavy atom. The summed E-state index contributed by atoms with van der Waals surface area (Å²) < 4.78 is 15.3. The van der Waals surface area contributed by atoms with Crippen molar-refractivity contribution in [2.75, 3.05) is 5.32 Å². The number of fused-ring (bicyclic) bond motifs is 1. The summed E-state index contributed by atoms with van der Waals surface area (Å²) in [5, 5.41) is 2.58. The van der Waals surface area contributed by atoms with Crippen molar-refractivity contribution in [1.29, 1.82) is 0 Å². The molecule has 0 aliphatic heterocycles. The molecule has 1 heterocycles. The first-order valence-corrected chi connectivity index (χ1v) is 7.09. The third kappa shape index (κ3) is 2.85. The molecule has 106 valence electrons. The molecule has 0 fully saturated rings. The number of nitrogens with one attached hydrogen (secondary N) is 1. The zero-order chi connectivity index (χ0) is 14.8. The fourth-order valence-electron chi connectivity index (χ4n) is 2.07. The van der Waals surface area contributed by atoms with Crippen LogP contribution in [0.1, 0.15) is 0 Å². The van der Waals surface area contributed by atoms with E-state index >= 15 is 0 Å². The van der Waals surface area contributed by atoms with Crippen LogP contribution >= 0.6 is 11.3 Å². The number of anilines is 1. The van der Waals surface area contributed by atoms with Crippen molar-refractivity contribution < 1.29 is 9.18 Å². The first-order chi connectivity index (χ1) is 10.1. The maximum atomic E-state index is 13.1. The monoisotopic (exact) mass is 302 g/mol. The van der Waals surface area contributed by atoms with Crippen molar-refractivity contribution in [3.8, 4) is 0 Å². The minimum Gasteiger partial charge on any atom is -0.324 e. The number of hydrogen-bond acceptors (Lipinski definition) is 3. The number of aromatic nitrogens is 1. The highest BCUT2D eigenvalue weighted by Gasteiger charge is 2.11. The minimum atomic E-state index is -0.425. The lowest BCUT2D eigenvalue weighted by atomic mass is 10.3. The number of thiazole rings is 1. The number of para-hydroxylation sites is 1. The molecule has 0 saturated carbocycles. The summed E-state index contributed by atoms with van der Waals surface area (Å²) in [5.41, 5.74) is 1.09. The van der Waals surface area contributed by atoms with Gasteiger partial charge in [-0.25, -0.2) is 4.39 Å². The number of nitrogens with zero attached hydrogens (tertiary/aromatic N) is 1. The molecule has 0 atom stereocenters. The van der Waals surface area contributed by atoms with Gasteiger partial charge >= 0.3 is 4.87 Å². The van der Waals surface area contributed by atoms with Gasteiger partial charge in [0.1, 0.15) is 12.4 Å². The summed E-state index contributed by atoms with van der Waals surface area (Å²) in [6.07, 6.45) is 0. The second-order valence-electron chi connectivity index (χ2n) is 4.48. The predicted octanol–water partition coefficient (Wildman–Crippen LogP) is 2.84. The highest BCUT2D eigenvalue weighted by Crippen LogP contribution is 2.16. The Kier molecular flexibility index (Phi) is 3.53. The van der Waals surface area contributed by atoms with E-state index in [0.29, 0.717) is 5.69 Å². The molecule has 0 unspecified atom stereocenters. The third-order valence-electron chi connectivity index (χ3n) is 2.98. The van der Waals surface area contributed by atoms with E-state index < -0.39 is 5.82 Å². The summed E-state index contributed by atoms with van der Waals surface area (Å²) in [7, 11) is 0. The molecule has 1 amide bonds. The quantitative estimate of drug-likeness (QED) is 0.809. The van der Waals surface area contributed by atoms with Gasteiger partial charge in [0.15, 0.2) is 0 Å². The molecule has 1 N–H and O–H groups in total. The second-order valence-corrected chi connectivity index (χ2v) is 5.47. The van der Waals surface area contributed by atoms with Gasteiger partial charge in [-0.3, -0.25) is 14.2 Å². The number of carbonyl (C=O) groups is 1. The van der Waals surface area contributed by atoms with Crippen LogP contribution < -0.4 is 10.2 Å². The van der Waals surface area contributed by atoms with Crippen LogP contribution in [-0.2, 0) is 11.3 Å². The van der Waals surface area contributed by atoms with Gasteiger partial charge in [0.05, 0.1) is 10.2 Å². The zero-order valence-corrected chi connectivity index (χ0v) is 11.7. The predicted molar refractivity (Wildman–Crippen MR) is 81.1 cm³/mol. The molecule has 21 heavy (non-hydrogen) atoms. The van der Waals surface area contributed by atoms with Crippen LogP contribution in [0.15, 0.2) is 53.3 Å². The van der Waals surface area contributed by atoms with Crippen molar-refractivity contribution in [2.45, 2.75) is 6.54 Å². The molecule has 6 heteroatoms. The fraction of sp³-hybridized carbons (Fsp3) is 0.0667. The van der Waals surface area contributed by atoms with Crippen molar-refractivity contribution in [2.24, 2.45) is 0 Å². The van der Waals surface area contributed by atoms with E-state index in [1.54, 1.807) is 12.1 Å². The highest BCUT2D eigenvalue weighted by molar-refractivity contribution is 7.16. The lowest BCUT2D eigenvalue weighted by molar-refractivity contribution is -0.116. The first kappa shape index (κ1) is 13.5. The first-order valence-electron chi connectivity index (χ1n) is 6.27. The van der Waals surface area contributed by atoms with Crippen molar-refractivity contribution in [3.05, 3.63) is 64.0 Å². The number of halogens is 1. The van der Waals surface area contributed by atoms with Crippen LogP contribution in [0.4, 0.5) is 10.1 Å². The van der Waals surface area contributed by atoms with Crippen LogP contribution in [0.5, 0.6) is 0 Å². The number of amides is 1. The Labute approximate surface area is 123 Å². The van der Waals surface area contributed by atoms with Crippen molar-refractivity contribution in [3.63, 3.8) is 0 Å². The molecule has 3 aromatic rings. The molecule has 0 aliphatic rings. The SMILES string of the molecule is O=C(Cn1c(=O)sc2ccccc21)Nc1cccc(F)c1. The van der Waals surface area contributed by atoms with Crippen molar-refractivity contribution >= 4 is 33.1 Å². The van der Waals surface area contributed by atoms with Crippen LogP contribution in [0, 0.1) is 5.82 Å². The van der Waals surface area contributed by atoms with Gasteiger partial charge < -0.3 is 5.32 Å². The van der Waals surface area contributed by atoms with Gasteiger partial charge in [-0.05, 0) is 30.3 Å². The average Bonchev–Trinajstić information content (AvgIpc) is 2.75. The molecule has 2 aromatic carbocycles. The van der Waals surface area contributed by atoms with E-state index in [9.17, 15) is 14.0 Å². The Hall–Kier alpha value is -2.47. The van der Waals surface area contributed by atoms with E-state index in [-0.39, 0.29) is 17.3 Å². The zero-order valence-electron chi connectivity index (χ0n) is 10.9. The molecule has 0 saturated heterocycles. The van der Waals surface area contributed by atoms with E-state index in [4.69, 9.17) is 0 Å². The van der Waals surface area contributed by atoms with Gasteiger partial charge in [-0.15, -0.1) is 0 Å². The minimum absolute atomic E-state index is 0.0979. The Morgan fingerprint density at radius 1 is 1.19 bits per heavy atom. The Bertz CT molecular complexity index is 869. The molecular formula is C15H11FN2O2S. The number of benzene rings is 2. The van der Waals surface area contributed by atoms with Crippen LogP contribution in [0.3, 0.4) is 0 Å². The lowest BCUT2D eigenvalue weighted by Crippen LogP contribution is -2.24. The maximum Gasteiger partial charge on any atom is 0.308 e. The smallest absolute Gasteiger partial charge is 0.308 e. The normalized spacial score (nSPS) is 10.7. The molecule has 3 rings (SSSR count). The van der Waals surface area contributed by atoms with E-state index in [1.165, 1.54) is 22.8 Å². The van der Waals surface area contributed by atoms with Crippen LogP contribution in [0.25, 0.3) is 10.2 Å². The van der Waals surface area contributed by atoms with Crippen LogP contribution in [0.2, 0.25) is 0 Å². The molecule has 0 bridgehead atoms. The van der Waals surface area contributed by atoms with E-state index in [1.807, 2.05) is 18.2 Å². The topological polar surface area (TPSA) is 51.1 Å². The van der Waals surface area contributed by atoms with Gasteiger partial charge in [0.2, 0.25) is 5.91 Å². The second kappa shape index (κ2) is 5.49. The molecule has 0 aliphatic carbocycles. The number of carbonyl (C=O) groups excluding carboxylic acids is 1. The third-order valence-corrected chi connectivity index (χ3v) is 3.94. The van der Waals surface area contributed by atoms with E-state index in [2.05, 4.69) is 5.32 Å². The highest BCUT2D eigenvalue weighted by atomic mass is 32.1. The van der Waals surface area contributed by atoms with Gasteiger partial charge in [-0.2, -0.15) is 0 Å². The van der Waals surface area contributed by atoms with E-state index in [0.717, 1.165) is 21.6 Å². The van der Waals surface area contributed by atoms with Crippen LogP contribution in [-0.4, -0.2) is 10.5 Å². The lowest BCUT2D eigenvalue weighted by Gasteiger charge is -2.06. The average molecular weight is 302 g/mol. The number of rotatable bonds is 3. The summed E-state index contributed by atoms with van der Waals surface area (Å²) in [4.78, 5) is 23.7. The summed E-state index contributed by atoms with van der Waals surface area (Å²) in [5.74, 6) is -0.794. The summed E-state index contributed by atoms with van der Waals surface area (Å²) in [6, 6.07) is 12.9. The Morgan fingerprint density at radius 3 is 2.81 bits per heavy atom. The van der Waals surface area contributed by atoms with Crippen molar-refractivity contribution in [1.82, 2.24) is 4.57 Å². The standard InChI is InChI=1S/C15H11FN2O2S/c16-10-4-3-5-11(8-10)17-14(19)9-18-12-6-1-2-7-13(12)21-15(18)20/h1-8H,9H2,(H,17,19).